The zero-order valence-corrected chi connectivity index (χ0v) is 10.9. The van der Waals surface area contributed by atoms with Crippen LogP contribution in [-0.2, 0) is 14.4 Å². The van der Waals surface area contributed by atoms with Crippen LogP contribution in [0.25, 0.3) is 0 Å². The van der Waals surface area contributed by atoms with Crippen LogP contribution in [0.2, 0.25) is 10.0 Å². The van der Waals surface area contributed by atoms with Gasteiger partial charge in [-0.15, -0.1) is 0 Å². The van der Waals surface area contributed by atoms with Crippen LogP contribution in [0.1, 0.15) is 13.3 Å². The number of hydrogen-bond acceptors (Lipinski definition) is 3. The molecule has 6 heteroatoms. The summed E-state index contributed by atoms with van der Waals surface area (Å²) in [6.07, 6.45) is 0.146. The van der Waals surface area contributed by atoms with Crippen LogP contribution in [0.4, 0.5) is 5.69 Å². The van der Waals surface area contributed by atoms with Crippen molar-refractivity contribution in [1.82, 2.24) is 0 Å². The van der Waals surface area contributed by atoms with Crippen LogP contribution in [0, 0.1) is 0 Å². The van der Waals surface area contributed by atoms with Crippen molar-refractivity contribution < 1.29 is 14.4 Å². The van der Waals surface area contributed by atoms with E-state index < -0.39 is 5.79 Å². The van der Waals surface area contributed by atoms with Gasteiger partial charge in [0, 0.05) is 17.2 Å². The third-order valence-electron chi connectivity index (χ3n) is 2.50. The molecule has 0 unspecified atom stereocenters. The van der Waals surface area contributed by atoms with Crippen LogP contribution >= 0.6 is 23.2 Å². The van der Waals surface area contributed by atoms with Crippen molar-refractivity contribution in [2.24, 2.45) is 0 Å². The molecule has 0 saturated carbocycles. The van der Waals surface area contributed by atoms with Crippen molar-refractivity contribution in [1.29, 1.82) is 0 Å². The Labute approximate surface area is 109 Å². The second-order valence-electron chi connectivity index (χ2n) is 3.92. The highest BCUT2D eigenvalue weighted by molar-refractivity contribution is 6.35. The summed E-state index contributed by atoms with van der Waals surface area (Å²) in [5, 5.41) is 2.03. The summed E-state index contributed by atoms with van der Waals surface area (Å²) in [7, 11) is 1.49. The Hall–Kier alpha value is -0.810. The number of methoxy groups -OCH3 is 1. The average molecular weight is 276 g/mol. The number of carbonyl (C=O) groups excluding carboxylic acids is 1. The maximum atomic E-state index is 11.8. The highest BCUT2D eigenvalue weighted by Gasteiger charge is 2.42. The Morgan fingerprint density at radius 2 is 1.94 bits per heavy atom. The van der Waals surface area contributed by atoms with Crippen molar-refractivity contribution in [2.45, 2.75) is 19.1 Å². The standard InChI is InChI=1S/C11H11Cl2NO3/c1-11(16-2)6-10(15)14(17-11)9-4-7(12)3-8(13)5-9/h3-5H,6H2,1-2H3/t11-/m1/s1. The number of hydroxylamine groups is 1. The predicted molar refractivity (Wildman–Crippen MR) is 65.1 cm³/mol. The number of amides is 1. The molecule has 0 aromatic heterocycles. The molecule has 1 fully saturated rings. The van der Waals surface area contributed by atoms with Gasteiger partial charge in [-0.1, -0.05) is 23.2 Å². The molecule has 1 aromatic rings. The molecule has 2 rings (SSSR count). The number of benzene rings is 1. The van der Waals surface area contributed by atoms with Crippen molar-refractivity contribution in [3.63, 3.8) is 0 Å². The van der Waals surface area contributed by atoms with Gasteiger partial charge in [0.25, 0.3) is 5.91 Å². The Balaban J connectivity index is 2.32. The zero-order chi connectivity index (χ0) is 12.6. The van der Waals surface area contributed by atoms with E-state index in [0.717, 1.165) is 5.06 Å². The minimum Gasteiger partial charge on any atom is -0.351 e. The number of nitrogens with zero attached hydrogens (tertiary/aromatic N) is 1. The first-order valence-electron chi connectivity index (χ1n) is 4.97. The quantitative estimate of drug-likeness (QED) is 0.833. The lowest BCUT2D eigenvalue weighted by molar-refractivity contribution is -0.186. The van der Waals surface area contributed by atoms with Gasteiger partial charge in [0.05, 0.1) is 12.1 Å². The summed E-state index contributed by atoms with van der Waals surface area (Å²) in [5.74, 6) is -1.14. The number of anilines is 1. The molecule has 0 aliphatic carbocycles. The number of rotatable bonds is 2. The van der Waals surface area contributed by atoms with Crippen molar-refractivity contribution >= 4 is 34.8 Å². The third-order valence-corrected chi connectivity index (χ3v) is 2.93. The Morgan fingerprint density at radius 3 is 2.41 bits per heavy atom. The first-order valence-corrected chi connectivity index (χ1v) is 5.72. The monoisotopic (exact) mass is 275 g/mol. The van der Waals surface area contributed by atoms with Crippen LogP contribution < -0.4 is 5.06 Å². The Kier molecular flexibility index (Phi) is 3.32. The summed E-state index contributed by atoms with van der Waals surface area (Å²) in [5.41, 5.74) is 0.494. The molecule has 4 nitrogen and oxygen atoms in total. The third kappa shape index (κ3) is 2.55. The summed E-state index contributed by atoms with van der Waals surface area (Å²) < 4.78 is 5.13. The fourth-order valence-corrected chi connectivity index (χ4v) is 2.10. The summed E-state index contributed by atoms with van der Waals surface area (Å²) >= 11 is 11.7. The van der Waals surface area contributed by atoms with Crippen LogP contribution in [0.3, 0.4) is 0 Å². The molecule has 0 spiro atoms. The SMILES string of the molecule is CO[C@@]1(C)CC(=O)N(c2cc(Cl)cc(Cl)c2)O1. The van der Waals surface area contributed by atoms with Crippen LogP contribution in [0.5, 0.6) is 0 Å². The first-order chi connectivity index (χ1) is 7.93. The largest absolute Gasteiger partial charge is 0.351 e. The molecule has 1 aliphatic rings. The van der Waals surface area contributed by atoms with Crippen LogP contribution in [0.15, 0.2) is 18.2 Å². The van der Waals surface area contributed by atoms with Gasteiger partial charge in [0.1, 0.15) is 0 Å². The van der Waals surface area contributed by atoms with E-state index in [1.165, 1.54) is 7.11 Å². The van der Waals surface area contributed by atoms with E-state index in [0.29, 0.717) is 15.7 Å². The molecule has 1 heterocycles. The number of ether oxygens (including phenoxy) is 1. The van der Waals surface area contributed by atoms with Gasteiger partial charge < -0.3 is 4.74 Å². The molecule has 1 atom stereocenters. The average Bonchev–Trinajstić information content (AvgIpc) is 2.54. The Bertz CT molecular complexity index is 446. The Morgan fingerprint density at radius 1 is 1.35 bits per heavy atom. The van der Waals surface area contributed by atoms with E-state index >= 15 is 0 Å². The highest BCUT2D eigenvalue weighted by atomic mass is 35.5. The highest BCUT2D eigenvalue weighted by Crippen LogP contribution is 2.34. The fraction of sp³-hybridized carbons (Fsp3) is 0.364. The minimum absolute atomic E-state index is 0.146. The predicted octanol–water partition coefficient (Wildman–Crippen LogP) is 3.02. The van der Waals surface area contributed by atoms with E-state index in [1.54, 1.807) is 25.1 Å². The molecular formula is C11H11Cl2NO3. The summed E-state index contributed by atoms with van der Waals surface area (Å²) in [6.45, 7) is 1.69. The second-order valence-corrected chi connectivity index (χ2v) is 4.79. The van der Waals surface area contributed by atoms with Gasteiger partial charge in [-0.2, -0.15) is 5.06 Å². The van der Waals surface area contributed by atoms with Gasteiger partial charge in [0.15, 0.2) is 0 Å². The van der Waals surface area contributed by atoms with E-state index in [9.17, 15) is 4.79 Å². The van der Waals surface area contributed by atoms with E-state index in [4.69, 9.17) is 32.8 Å². The van der Waals surface area contributed by atoms with E-state index in [-0.39, 0.29) is 12.3 Å². The van der Waals surface area contributed by atoms with Crippen molar-refractivity contribution in [3.8, 4) is 0 Å². The zero-order valence-electron chi connectivity index (χ0n) is 9.37. The molecule has 17 heavy (non-hydrogen) atoms. The van der Waals surface area contributed by atoms with E-state index in [1.807, 2.05) is 0 Å². The second kappa shape index (κ2) is 4.46. The van der Waals surface area contributed by atoms with Gasteiger partial charge in [-0.05, 0) is 25.1 Å². The first kappa shape index (κ1) is 12.6. The van der Waals surface area contributed by atoms with Crippen molar-refractivity contribution in [2.75, 3.05) is 12.2 Å². The maximum Gasteiger partial charge on any atom is 0.256 e. The molecule has 1 saturated heterocycles. The summed E-state index contributed by atoms with van der Waals surface area (Å²) in [6, 6.07) is 4.79. The number of carbonyl (C=O) groups is 1. The molecule has 0 radical (unpaired) electrons. The van der Waals surface area contributed by atoms with Gasteiger partial charge in [0.2, 0.25) is 5.79 Å². The topological polar surface area (TPSA) is 38.8 Å². The van der Waals surface area contributed by atoms with Gasteiger partial charge in [-0.25, -0.2) is 4.84 Å². The van der Waals surface area contributed by atoms with Gasteiger partial charge >= 0.3 is 0 Å². The van der Waals surface area contributed by atoms with E-state index in [2.05, 4.69) is 0 Å². The summed E-state index contributed by atoms with van der Waals surface area (Å²) in [4.78, 5) is 17.3. The molecule has 0 N–H and O–H groups in total. The van der Waals surface area contributed by atoms with Crippen molar-refractivity contribution in [3.05, 3.63) is 28.2 Å². The molecule has 0 bridgehead atoms. The van der Waals surface area contributed by atoms with Gasteiger partial charge in [-0.3, -0.25) is 4.79 Å². The fourth-order valence-electron chi connectivity index (χ4n) is 1.59. The molecular weight excluding hydrogens is 265 g/mol. The lowest BCUT2D eigenvalue weighted by Crippen LogP contribution is -2.29. The number of hydrogen-bond donors (Lipinski definition) is 0. The number of halogens is 2. The lowest BCUT2D eigenvalue weighted by Gasteiger charge is -2.22. The molecule has 1 aromatic carbocycles. The molecule has 1 amide bonds. The molecule has 92 valence electrons. The lowest BCUT2D eigenvalue weighted by atomic mass is 10.2. The maximum absolute atomic E-state index is 11.8. The smallest absolute Gasteiger partial charge is 0.256 e. The van der Waals surface area contributed by atoms with Crippen LogP contribution in [-0.4, -0.2) is 18.8 Å². The normalized spacial score (nSPS) is 24.5. The molecule has 1 aliphatic heterocycles. The minimum atomic E-state index is -0.939.